The van der Waals surface area contributed by atoms with E-state index in [0.29, 0.717) is 84.9 Å². The van der Waals surface area contributed by atoms with Gasteiger partial charge in [-0.2, -0.15) is 13.2 Å². The molecule has 0 bridgehead atoms. The molecular formula is C41H54ClF3N8O7. The number of para-hydroxylation sites is 1. The number of benzene rings is 2. The Hall–Kier alpha value is -4.36. The molecule has 4 amide bonds. The fourth-order valence-corrected chi connectivity index (χ4v) is 9.06. The van der Waals surface area contributed by atoms with E-state index in [1.807, 2.05) is 24.3 Å². The van der Waals surface area contributed by atoms with Gasteiger partial charge in [0.2, 0.25) is 0 Å². The molecule has 0 saturated carbocycles. The Balaban J connectivity index is 0.939. The summed E-state index contributed by atoms with van der Waals surface area (Å²) < 4.78 is 58.5. The maximum atomic E-state index is 14.2. The van der Waals surface area contributed by atoms with Crippen molar-refractivity contribution in [3.05, 3.63) is 58.1 Å². The summed E-state index contributed by atoms with van der Waals surface area (Å²) in [5.41, 5.74) is 5.80. The molecule has 0 aromatic heterocycles. The van der Waals surface area contributed by atoms with E-state index in [2.05, 4.69) is 20.0 Å². The molecule has 2 atom stereocenters. The molecule has 4 fully saturated rings. The van der Waals surface area contributed by atoms with Crippen LogP contribution in [0.2, 0.25) is 5.02 Å². The van der Waals surface area contributed by atoms with E-state index in [4.69, 9.17) is 31.5 Å². The van der Waals surface area contributed by atoms with Crippen LogP contribution < -0.4 is 11.1 Å². The fraction of sp³-hybridized carbons (Fsp3) is 0.610. The number of amides is 4. The van der Waals surface area contributed by atoms with Gasteiger partial charge in [0.05, 0.1) is 36.0 Å². The lowest BCUT2D eigenvalue weighted by Gasteiger charge is -2.40. The van der Waals surface area contributed by atoms with Gasteiger partial charge in [0.1, 0.15) is 6.61 Å². The number of piperidine rings is 1. The number of nitrogens with one attached hydrogen (secondary N) is 1. The van der Waals surface area contributed by atoms with Gasteiger partial charge < -0.3 is 40.0 Å². The van der Waals surface area contributed by atoms with Crippen molar-refractivity contribution >= 4 is 47.0 Å². The quantitative estimate of drug-likeness (QED) is 0.252. The van der Waals surface area contributed by atoms with Crippen molar-refractivity contribution in [2.24, 2.45) is 0 Å². The first-order valence-corrected chi connectivity index (χ1v) is 21.2. The normalized spacial score (nSPS) is 21.9. The maximum absolute atomic E-state index is 14.2. The largest absolute Gasteiger partial charge is 0.463 e. The Labute approximate surface area is 352 Å². The molecular weight excluding hydrogens is 809 g/mol. The summed E-state index contributed by atoms with van der Waals surface area (Å²) >= 11 is 6.15. The van der Waals surface area contributed by atoms with E-state index in [0.717, 1.165) is 43.4 Å². The van der Waals surface area contributed by atoms with Crippen LogP contribution in [0.3, 0.4) is 0 Å². The number of hydrogen-bond acceptors (Lipinski definition) is 11. The third kappa shape index (κ3) is 10.9. The van der Waals surface area contributed by atoms with Crippen molar-refractivity contribution in [3.63, 3.8) is 0 Å². The summed E-state index contributed by atoms with van der Waals surface area (Å²) in [5, 5.41) is 2.67. The zero-order valence-corrected chi connectivity index (χ0v) is 34.4. The van der Waals surface area contributed by atoms with Crippen LogP contribution in [0.15, 0.2) is 36.4 Å². The first kappa shape index (κ1) is 43.7. The number of halogens is 4. The van der Waals surface area contributed by atoms with Crippen LogP contribution in [-0.4, -0.2) is 176 Å². The number of hydrogen-bond donors (Lipinski definition) is 2. The van der Waals surface area contributed by atoms with Crippen molar-refractivity contribution in [1.82, 2.24) is 29.4 Å². The smallest absolute Gasteiger partial charge is 0.418 e. The summed E-state index contributed by atoms with van der Waals surface area (Å²) in [7, 11) is 0. The molecule has 5 aliphatic rings. The predicted molar refractivity (Wildman–Crippen MR) is 217 cm³/mol. The van der Waals surface area contributed by atoms with Crippen LogP contribution in [0.25, 0.3) is 0 Å². The minimum Gasteiger partial charge on any atom is -0.463 e. The Kier molecular flexibility index (Phi) is 14.3. The van der Waals surface area contributed by atoms with Crippen LogP contribution in [0.4, 0.5) is 34.1 Å². The number of ether oxygens (including phenoxy) is 3. The lowest BCUT2D eigenvalue weighted by atomic mass is 10.0. The molecule has 2 aromatic rings. The number of carbonyl (C=O) groups is 4. The second kappa shape index (κ2) is 19.6. The molecule has 328 valence electrons. The molecule has 60 heavy (non-hydrogen) atoms. The Morgan fingerprint density at radius 2 is 1.62 bits per heavy atom. The van der Waals surface area contributed by atoms with Crippen LogP contribution in [0, 0.1) is 0 Å². The van der Waals surface area contributed by atoms with Crippen molar-refractivity contribution in [3.8, 4) is 0 Å². The average molecular weight is 863 g/mol. The summed E-state index contributed by atoms with van der Waals surface area (Å²) in [4.78, 5) is 65.0. The number of nitrogens with zero attached hydrogens (tertiary/aromatic N) is 6. The van der Waals surface area contributed by atoms with E-state index >= 15 is 0 Å². The van der Waals surface area contributed by atoms with Gasteiger partial charge in [0, 0.05) is 103 Å². The highest BCUT2D eigenvalue weighted by Crippen LogP contribution is 2.38. The molecule has 0 aliphatic carbocycles. The van der Waals surface area contributed by atoms with Gasteiger partial charge in [-0.15, -0.1) is 0 Å². The highest BCUT2D eigenvalue weighted by molar-refractivity contribution is 6.33. The van der Waals surface area contributed by atoms with Gasteiger partial charge in [0.25, 0.3) is 5.91 Å². The van der Waals surface area contributed by atoms with E-state index in [1.54, 1.807) is 9.80 Å². The van der Waals surface area contributed by atoms with Crippen molar-refractivity contribution in [2.75, 3.05) is 116 Å². The van der Waals surface area contributed by atoms with Crippen molar-refractivity contribution in [2.45, 2.75) is 56.5 Å². The number of urea groups is 1. The number of esters is 1. The lowest BCUT2D eigenvalue weighted by Crippen LogP contribution is -2.55. The van der Waals surface area contributed by atoms with Gasteiger partial charge in [0.15, 0.2) is 6.10 Å². The van der Waals surface area contributed by atoms with Gasteiger partial charge in [-0.05, 0) is 55.0 Å². The number of rotatable bonds is 11. The number of alkyl halides is 3. The second-order valence-corrected chi connectivity index (χ2v) is 16.5. The molecule has 3 N–H and O–H groups in total. The van der Waals surface area contributed by atoms with Crippen LogP contribution in [-0.2, 0) is 42.8 Å². The average Bonchev–Trinajstić information content (AvgIpc) is 3.63. The van der Waals surface area contributed by atoms with Crippen LogP contribution >= 0.6 is 11.6 Å². The molecule has 4 saturated heterocycles. The molecule has 15 nitrogen and oxygen atoms in total. The SMILES string of the molecule is Nc1c(Cl)cc(C[C@@H](OC(=O)N2CCC(N3CCc4ccccc4NC3=O)CC2)C(=O)N2CCN([C@@H]3CCN(CC(=O)OCCN4CCOCC4)C3)CC2)cc1C(F)(F)F. The van der Waals surface area contributed by atoms with Crippen LogP contribution in [0.5, 0.6) is 0 Å². The highest BCUT2D eigenvalue weighted by Gasteiger charge is 2.39. The number of anilines is 2. The second-order valence-electron chi connectivity index (χ2n) is 16.1. The minimum atomic E-state index is -4.80. The van der Waals surface area contributed by atoms with E-state index in [9.17, 15) is 32.3 Å². The number of likely N-dealkylation sites (tertiary alicyclic amines) is 2. The maximum Gasteiger partial charge on any atom is 0.418 e. The molecule has 5 aliphatic heterocycles. The van der Waals surface area contributed by atoms with Crippen LogP contribution in [0.1, 0.15) is 36.0 Å². The highest BCUT2D eigenvalue weighted by atomic mass is 35.5. The van der Waals surface area contributed by atoms with Gasteiger partial charge >= 0.3 is 24.3 Å². The standard InChI is InChI=1S/C41H54ClF3N8O7/c42-33-24-28(23-32(37(33)46)41(43,44)45)25-35(60-40(57)52-10-7-30(8-11-52)53-12-5-29-3-1-2-4-34(29)47-39(53)56)38(55)51-15-13-50(14-16-51)31-6-9-49(26-31)27-36(54)59-22-19-48-17-20-58-21-18-48/h1-4,23-24,30-31,35H,5-22,25-27,46H2,(H,47,56)/t31-,35-/m1/s1. The Morgan fingerprint density at radius 3 is 2.35 bits per heavy atom. The third-order valence-electron chi connectivity index (χ3n) is 12.3. The van der Waals surface area contributed by atoms with E-state index in [-0.39, 0.29) is 60.7 Å². The monoisotopic (exact) mass is 862 g/mol. The minimum absolute atomic E-state index is 0.0452. The van der Waals surface area contributed by atoms with Gasteiger partial charge in [-0.25, -0.2) is 9.59 Å². The summed E-state index contributed by atoms with van der Waals surface area (Å²) in [6.45, 7) is 8.40. The molecule has 19 heteroatoms. The van der Waals surface area contributed by atoms with Gasteiger partial charge in [-0.1, -0.05) is 29.8 Å². The molecule has 5 heterocycles. The lowest BCUT2D eigenvalue weighted by molar-refractivity contribution is -0.146. The first-order chi connectivity index (χ1) is 28.8. The molecule has 0 spiro atoms. The summed E-state index contributed by atoms with van der Waals surface area (Å²) in [5.74, 6) is -0.779. The number of nitrogens with two attached hydrogens (primary N) is 1. The number of carbonyl (C=O) groups excluding carboxylic acids is 4. The zero-order chi connectivity index (χ0) is 42.4. The Morgan fingerprint density at radius 1 is 0.900 bits per heavy atom. The molecule has 7 rings (SSSR count). The molecule has 0 unspecified atom stereocenters. The zero-order valence-electron chi connectivity index (χ0n) is 33.7. The van der Waals surface area contributed by atoms with E-state index in [1.165, 1.54) is 11.0 Å². The Bertz CT molecular complexity index is 1850. The predicted octanol–water partition coefficient (Wildman–Crippen LogP) is 3.64. The molecule has 0 radical (unpaired) electrons. The third-order valence-corrected chi connectivity index (χ3v) is 12.6. The van der Waals surface area contributed by atoms with Gasteiger partial charge in [-0.3, -0.25) is 24.3 Å². The number of nitrogen functional groups attached to an aromatic ring is 1. The molecule has 2 aromatic carbocycles. The summed E-state index contributed by atoms with van der Waals surface area (Å²) in [6.07, 6.45) is -4.84. The first-order valence-electron chi connectivity index (χ1n) is 20.8. The number of piperazine rings is 1. The van der Waals surface area contributed by atoms with Crippen molar-refractivity contribution < 1.29 is 46.6 Å². The topological polar surface area (TPSA) is 153 Å². The number of fused-ring (bicyclic) bond motifs is 1. The fourth-order valence-electron chi connectivity index (χ4n) is 8.82. The summed E-state index contributed by atoms with van der Waals surface area (Å²) in [6, 6.07) is 9.61. The van der Waals surface area contributed by atoms with E-state index < -0.39 is 35.5 Å². The van der Waals surface area contributed by atoms with Crippen molar-refractivity contribution in [1.29, 1.82) is 0 Å². The number of morpholine rings is 1.